The molecule has 0 radical (unpaired) electrons. The van der Waals surface area contributed by atoms with Gasteiger partial charge in [0.05, 0.1) is 0 Å². The number of hydrogen-bond donors (Lipinski definition) is 1. The van der Waals surface area contributed by atoms with Crippen LogP contribution >= 0.6 is 11.3 Å². The lowest BCUT2D eigenvalue weighted by Crippen LogP contribution is -2.00. The molecular formula is C10H10O2S. The molecule has 2 nitrogen and oxygen atoms in total. The highest BCUT2D eigenvalue weighted by atomic mass is 32.1. The number of rotatable bonds is 1. The van der Waals surface area contributed by atoms with Gasteiger partial charge >= 0.3 is 5.97 Å². The average Bonchev–Trinajstić information content (AvgIpc) is 2.51. The van der Waals surface area contributed by atoms with E-state index in [-0.39, 0.29) is 0 Å². The highest BCUT2D eigenvalue weighted by molar-refractivity contribution is 7.11. The second-order valence-corrected chi connectivity index (χ2v) is 4.05. The highest BCUT2D eigenvalue weighted by Gasteiger charge is 2.15. The van der Waals surface area contributed by atoms with E-state index in [0.29, 0.717) is 0 Å². The van der Waals surface area contributed by atoms with Gasteiger partial charge in [0, 0.05) is 11.0 Å². The Morgan fingerprint density at radius 2 is 2.38 bits per heavy atom. The summed E-state index contributed by atoms with van der Waals surface area (Å²) in [7, 11) is 0. The zero-order valence-electron chi connectivity index (χ0n) is 7.12. The van der Waals surface area contributed by atoms with Crippen LogP contribution in [0.25, 0.3) is 5.57 Å². The number of hydrogen-bond acceptors (Lipinski definition) is 2. The van der Waals surface area contributed by atoms with Crippen LogP contribution < -0.4 is 0 Å². The monoisotopic (exact) mass is 194 g/mol. The van der Waals surface area contributed by atoms with Gasteiger partial charge in [-0.3, -0.25) is 0 Å². The Morgan fingerprint density at radius 1 is 1.54 bits per heavy atom. The van der Waals surface area contributed by atoms with Crippen LogP contribution in [0.2, 0.25) is 0 Å². The quantitative estimate of drug-likeness (QED) is 0.697. The van der Waals surface area contributed by atoms with E-state index in [1.165, 1.54) is 16.5 Å². The van der Waals surface area contributed by atoms with E-state index >= 15 is 0 Å². The van der Waals surface area contributed by atoms with Crippen molar-refractivity contribution in [2.75, 3.05) is 0 Å². The Balaban J connectivity index is 2.40. The van der Waals surface area contributed by atoms with Crippen LogP contribution in [0.15, 0.2) is 17.5 Å². The summed E-state index contributed by atoms with van der Waals surface area (Å²) in [6.45, 7) is 0. The molecule has 0 atom stereocenters. The van der Waals surface area contributed by atoms with Crippen LogP contribution in [-0.2, 0) is 11.2 Å². The molecular weight excluding hydrogens is 184 g/mol. The molecule has 0 aromatic carbocycles. The summed E-state index contributed by atoms with van der Waals surface area (Å²) in [5, 5.41) is 10.7. The van der Waals surface area contributed by atoms with Crippen molar-refractivity contribution in [1.82, 2.24) is 0 Å². The number of aryl methyl sites for hydroxylation is 1. The van der Waals surface area contributed by atoms with E-state index in [2.05, 4.69) is 6.07 Å². The minimum atomic E-state index is -0.837. The summed E-state index contributed by atoms with van der Waals surface area (Å²) in [5.74, 6) is -0.837. The van der Waals surface area contributed by atoms with Crippen molar-refractivity contribution < 1.29 is 9.90 Å². The maximum Gasteiger partial charge on any atom is 0.328 e. The maximum atomic E-state index is 10.5. The van der Waals surface area contributed by atoms with Gasteiger partial charge in [-0.2, -0.15) is 0 Å². The molecule has 13 heavy (non-hydrogen) atoms. The highest BCUT2D eigenvalue weighted by Crippen LogP contribution is 2.34. The third-order valence-electron chi connectivity index (χ3n) is 2.23. The van der Waals surface area contributed by atoms with Crippen molar-refractivity contribution >= 4 is 22.9 Å². The topological polar surface area (TPSA) is 37.3 Å². The molecule has 0 bridgehead atoms. The minimum absolute atomic E-state index is 0.837. The molecule has 1 aliphatic carbocycles. The number of carboxylic acid groups (broad SMARTS) is 1. The summed E-state index contributed by atoms with van der Waals surface area (Å²) in [4.78, 5) is 11.7. The van der Waals surface area contributed by atoms with Crippen molar-refractivity contribution in [2.45, 2.75) is 19.3 Å². The van der Waals surface area contributed by atoms with Gasteiger partial charge in [-0.15, -0.1) is 11.3 Å². The van der Waals surface area contributed by atoms with Crippen molar-refractivity contribution in [3.05, 3.63) is 28.0 Å². The van der Waals surface area contributed by atoms with E-state index in [9.17, 15) is 4.79 Å². The van der Waals surface area contributed by atoms with Gasteiger partial charge in [0.1, 0.15) is 0 Å². The van der Waals surface area contributed by atoms with E-state index in [1.807, 2.05) is 5.38 Å². The molecule has 1 aromatic rings. The Labute approximate surface area is 80.5 Å². The van der Waals surface area contributed by atoms with Crippen molar-refractivity contribution in [3.63, 3.8) is 0 Å². The molecule has 0 spiro atoms. The fraction of sp³-hybridized carbons (Fsp3) is 0.300. The lowest BCUT2D eigenvalue weighted by atomic mass is 9.94. The third kappa shape index (κ3) is 1.65. The van der Waals surface area contributed by atoms with E-state index < -0.39 is 5.97 Å². The lowest BCUT2D eigenvalue weighted by molar-refractivity contribution is -0.131. The van der Waals surface area contributed by atoms with Gasteiger partial charge in [-0.1, -0.05) is 0 Å². The summed E-state index contributed by atoms with van der Waals surface area (Å²) in [6.07, 6.45) is 4.41. The fourth-order valence-corrected chi connectivity index (χ4v) is 2.69. The predicted molar refractivity (Wildman–Crippen MR) is 52.9 cm³/mol. The first kappa shape index (κ1) is 8.51. The van der Waals surface area contributed by atoms with Crippen LogP contribution in [0.4, 0.5) is 0 Å². The molecule has 2 rings (SSSR count). The van der Waals surface area contributed by atoms with Crippen LogP contribution in [0.3, 0.4) is 0 Å². The number of allylic oxidation sites excluding steroid dienone is 1. The number of aliphatic carboxylic acids is 1. The molecule has 0 saturated heterocycles. The second kappa shape index (κ2) is 3.34. The van der Waals surface area contributed by atoms with Gasteiger partial charge in [0.25, 0.3) is 0 Å². The predicted octanol–water partition coefficient (Wildman–Crippen LogP) is 2.55. The third-order valence-corrected chi connectivity index (χ3v) is 3.26. The molecule has 3 heteroatoms. The second-order valence-electron chi connectivity index (χ2n) is 3.14. The first-order chi connectivity index (χ1) is 6.27. The fourth-order valence-electron chi connectivity index (χ4n) is 1.68. The van der Waals surface area contributed by atoms with Crippen molar-refractivity contribution in [3.8, 4) is 0 Å². The molecule has 1 heterocycles. The molecule has 0 saturated carbocycles. The Kier molecular flexibility index (Phi) is 2.19. The minimum Gasteiger partial charge on any atom is -0.478 e. The summed E-state index contributed by atoms with van der Waals surface area (Å²) < 4.78 is 0. The Morgan fingerprint density at radius 3 is 3.15 bits per heavy atom. The summed E-state index contributed by atoms with van der Waals surface area (Å²) in [5.41, 5.74) is 2.30. The molecule has 0 fully saturated rings. The van der Waals surface area contributed by atoms with Crippen LogP contribution in [0.5, 0.6) is 0 Å². The number of thiophene rings is 1. The molecule has 0 unspecified atom stereocenters. The number of fused-ring (bicyclic) bond motifs is 1. The normalized spacial score (nSPS) is 18.6. The van der Waals surface area contributed by atoms with Gasteiger partial charge in [-0.05, 0) is 41.8 Å². The zero-order valence-corrected chi connectivity index (χ0v) is 7.93. The molecule has 0 aliphatic heterocycles. The Hall–Kier alpha value is -1.09. The number of carbonyl (C=O) groups is 1. The van der Waals surface area contributed by atoms with Gasteiger partial charge in [-0.25, -0.2) is 4.79 Å². The molecule has 1 N–H and O–H groups in total. The largest absolute Gasteiger partial charge is 0.478 e. The van der Waals surface area contributed by atoms with E-state index in [1.54, 1.807) is 11.3 Å². The molecule has 0 amide bonds. The first-order valence-electron chi connectivity index (χ1n) is 4.27. The summed E-state index contributed by atoms with van der Waals surface area (Å²) >= 11 is 1.64. The molecule has 68 valence electrons. The smallest absolute Gasteiger partial charge is 0.328 e. The van der Waals surface area contributed by atoms with Crippen LogP contribution in [-0.4, -0.2) is 11.1 Å². The molecule has 1 aromatic heterocycles. The molecule has 1 aliphatic rings. The van der Waals surface area contributed by atoms with E-state index in [4.69, 9.17) is 5.11 Å². The van der Waals surface area contributed by atoms with Crippen LogP contribution in [0, 0.1) is 0 Å². The van der Waals surface area contributed by atoms with Gasteiger partial charge in [0.15, 0.2) is 0 Å². The van der Waals surface area contributed by atoms with Crippen molar-refractivity contribution in [1.29, 1.82) is 0 Å². The Bertz CT molecular complexity index is 363. The standard InChI is InChI=1S/C10H10O2S/c11-9(12)6-8-3-1-2-7-4-5-13-10(7)8/h4-6H,1-3H2,(H,11,12)/b8-6-. The lowest BCUT2D eigenvalue weighted by Gasteiger charge is -2.13. The van der Waals surface area contributed by atoms with Gasteiger partial charge < -0.3 is 5.11 Å². The first-order valence-corrected chi connectivity index (χ1v) is 5.15. The van der Waals surface area contributed by atoms with E-state index in [0.717, 1.165) is 24.8 Å². The van der Waals surface area contributed by atoms with Crippen molar-refractivity contribution in [2.24, 2.45) is 0 Å². The maximum absolute atomic E-state index is 10.5. The number of carboxylic acids is 1. The van der Waals surface area contributed by atoms with Crippen LogP contribution in [0.1, 0.15) is 23.3 Å². The summed E-state index contributed by atoms with van der Waals surface area (Å²) in [6, 6.07) is 2.09. The SMILES string of the molecule is O=C(O)/C=C1/CCCc2ccsc21. The average molecular weight is 194 g/mol. The zero-order chi connectivity index (χ0) is 9.26. The van der Waals surface area contributed by atoms with Gasteiger partial charge in [0.2, 0.25) is 0 Å².